The van der Waals surface area contributed by atoms with Gasteiger partial charge < -0.3 is 0 Å². The van der Waals surface area contributed by atoms with Gasteiger partial charge in [-0.3, -0.25) is 0 Å². The third-order valence-electron chi connectivity index (χ3n) is 10.5. The number of aromatic nitrogens is 3. The Bertz CT molecular complexity index is 3070. The highest BCUT2D eigenvalue weighted by molar-refractivity contribution is 6.23. The van der Waals surface area contributed by atoms with Gasteiger partial charge in [0.2, 0.25) is 0 Å². The van der Waals surface area contributed by atoms with Crippen molar-refractivity contribution in [3.8, 4) is 73.6 Å². The third-order valence-corrected chi connectivity index (χ3v) is 10.5. The Hall–Kier alpha value is -7.74. The molecule has 0 atom stereocenters. The van der Waals surface area contributed by atoms with Crippen molar-refractivity contribution in [2.24, 2.45) is 0 Å². The van der Waals surface area contributed by atoms with Crippen LogP contribution in [-0.2, 0) is 0 Å². The van der Waals surface area contributed by atoms with E-state index in [1.165, 1.54) is 37.9 Å². The number of nitrogens with zero attached hydrogens (tertiary/aromatic N) is 4. The molecule has 1 aromatic heterocycles. The largest absolute Gasteiger partial charge is 0.208 e. The van der Waals surface area contributed by atoms with Crippen LogP contribution < -0.4 is 0 Å². The molecule has 0 saturated carbocycles. The minimum Gasteiger partial charge on any atom is -0.208 e. The van der Waals surface area contributed by atoms with E-state index in [2.05, 4.69) is 127 Å². The molecule has 0 amide bonds. The minimum absolute atomic E-state index is 0.628. The van der Waals surface area contributed by atoms with Gasteiger partial charge in [0.25, 0.3) is 0 Å². The Kier molecular flexibility index (Phi) is 8.17. The summed E-state index contributed by atoms with van der Waals surface area (Å²) in [5.41, 5.74) is 10.2. The molecule has 0 aliphatic heterocycles. The fraction of sp³-hybridized carbons (Fsp3) is 0. The molecular weight excluding hydrogens is 681 g/mol. The quantitative estimate of drug-likeness (QED) is 0.161. The summed E-state index contributed by atoms with van der Waals surface area (Å²) in [4.78, 5) is 14.9. The van der Waals surface area contributed by atoms with E-state index in [1.54, 1.807) is 0 Å². The van der Waals surface area contributed by atoms with Crippen molar-refractivity contribution in [3.05, 3.63) is 200 Å². The first-order chi connectivity index (χ1) is 27.7. The molecular formula is C52H32N4. The Morgan fingerprint density at radius 2 is 0.679 bits per heavy atom. The van der Waals surface area contributed by atoms with E-state index >= 15 is 0 Å². The molecule has 4 heteroatoms. The van der Waals surface area contributed by atoms with Crippen LogP contribution in [0.2, 0.25) is 0 Å². The van der Waals surface area contributed by atoms with Gasteiger partial charge in [-0.15, -0.1) is 0 Å². The van der Waals surface area contributed by atoms with Gasteiger partial charge in [0.05, 0.1) is 11.6 Å². The van der Waals surface area contributed by atoms with Crippen molar-refractivity contribution in [2.75, 3.05) is 0 Å². The van der Waals surface area contributed by atoms with Gasteiger partial charge in [0, 0.05) is 16.7 Å². The fourth-order valence-electron chi connectivity index (χ4n) is 7.79. The second kappa shape index (κ2) is 13.9. The summed E-state index contributed by atoms with van der Waals surface area (Å²) >= 11 is 0. The number of benzene rings is 9. The highest BCUT2D eigenvalue weighted by Crippen LogP contribution is 2.42. The SMILES string of the molecule is N#Cc1ccc(-c2cc3c4ccccc4c(-c4cccc(-c5cccc(-c6nc(-c7ccccc7)nc(-c7ccccc7)n6)c5)c4)cc3c3ccccc23)cc1. The number of rotatable bonds is 6. The number of fused-ring (bicyclic) bond motifs is 5. The van der Waals surface area contributed by atoms with Gasteiger partial charge in [-0.2, -0.15) is 5.26 Å². The van der Waals surface area contributed by atoms with Crippen molar-refractivity contribution >= 4 is 32.3 Å². The molecule has 0 saturated heterocycles. The Morgan fingerprint density at radius 1 is 0.286 bits per heavy atom. The number of nitriles is 1. The second-order valence-corrected chi connectivity index (χ2v) is 13.9. The lowest BCUT2D eigenvalue weighted by Crippen LogP contribution is -2.00. The summed E-state index contributed by atoms with van der Waals surface area (Å²) in [5, 5.41) is 16.6. The first kappa shape index (κ1) is 32.9. The van der Waals surface area contributed by atoms with E-state index in [4.69, 9.17) is 15.0 Å². The molecule has 56 heavy (non-hydrogen) atoms. The molecule has 0 radical (unpaired) electrons. The van der Waals surface area contributed by atoms with Crippen LogP contribution in [0, 0.1) is 11.3 Å². The zero-order valence-electron chi connectivity index (χ0n) is 30.3. The zero-order chi connectivity index (χ0) is 37.4. The van der Waals surface area contributed by atoms with Crippen LogP contribution in [0.5, 0.6) is 0 Å². The lowest BCUT2D eigenvalue weighted by molar-refractivity contribution is 1.07. The molecule has 0 N–H and O–H groups in total. The molecule has 0 aliphatic carbocycles. The molecule has 1 heterocycles. The van der Waals surface area contributed by atoms with E-state index in [1.807, 2.05) is 72.8 Å². The van der Waals surface area contributed by atoms with Crippen LogP contribution in [0.3, 0.4) is 0 Å². The molecule has 0 aliphatic rings. The lowest BCUT2D eigenvalue weighted by Gasteiger charge is -2.16. The standard InChI is InChI=1S/C52H32N4/c53-33-34-25-27-35(28-26-34)46-31-48-45-24-10-8-22-43(45)47(32-49(48)44-23-9-7-21-42(44)46)40-19-11-17-38(29-40)39-18-12-20-41(30-39)52-55-50(36-13-3-1-4-14-36)54-51(56-52)37-15-5-2-6-16-37/h1-32H. The molecule has 0 unspecified atom stereocenters. The minimum atomic E-state index is 0.628. The predicted molar refractivity (Wildman–Crippen MR) is 230 cm³/mol. The lowest BCUT2D eigenvalue weighted by atomic mass is 9.87. The molecule has 0 bridgehead atoms. The summed E-state index contributed by atoms with van der Waals surface area (Å²) in [7, 11) is 0. The van der Waals surface area contributed by atoms with E-state index in [0.29, 0.717) is 23.0 Å². The van der Waals surface area contributed by atoms with Crippen molar-refractivity contribution in [2.45, 2.75) is 0 Å². The van der Waals surface area contributed by atoms with Gasteiger partial charge in [0.1, 0.15) is 0 Å². The topological polar surface area (TPSA) is 62.5 Å². The van der Waals surface area contributed by atoms with E-state index in [9.17, 15) is 5.26 Å². The zero-order valence-corrected chi connectivity index (χ0v) is 30.3. The average molecular weight is 713 g/mol. The first-order valence-corrected chi connectivity index (χ1v) is 18.7. The number of hydrogen-bond donors (Lipinski definition) is 0. The highest BCUT2D eigenvalue weighted by Gasteiger charge is 2.16. The van der Waals surface area contributed by atoms with Crippen LogP contribution in [0.25, 0.3) is 99.9 Å². The van der Waals surface area contributed by atoms with E-state index in [0.717, 1.165) is 44.5 Å². The fourth-order valence-corrected chi connectivity index (χ4v) is 7.79. The summed E-state index contributed by atoms with van der Waals surface area (Å²) in [6.07, 6.45) is 0. The van der Waals surface area contributed by atoms with Gasteiger partial charge in [0.15, 0.2) is 17.5 Å². The molecule has 4 nitrogen and oxygen atoms in total. The summed E-state index contributed by atoms with van der Waals surface area (Å²) in [5.74, 6) is 1.91. The van der Waals surface area contributed by atoms with Crippen molar-refractivity contribution in [3.63, 3.8) is 0 Å². The maximum Gasteiger partial charge on any atom is 0.164 e. The second-order valence-electron chi connectivity index (χ2n) is 13.9. The van der Waals surface area contributed by atoms with Gasteiger partial charge >= 0.3 is 0 Å². The molecule has 0 fully saturated rings. The monoisotopic (exact) mass is 712 g/mol. The molecule has 9 aromatic carbocycles. The van der Waals surface area contributed by atoms with Crippen LogP contribution in [0.15, 0.2) is 194 Å². The molecule has 10 rings (SSSR count). The third kappa shape index (κ3) is 5.94. The highest BCUT2D eigenvalue weighted by atomic mass is 15.0. The van der Waals surface area contributed by atoms with E-state index in [-0.39, 0.29) is 0 Å². The molecule has 0 spiro atoms. The smallest absolute Gasteiger partial charge is 0.164 e. The van der Waals surface area contributed by atoms with Gasteiger partial charge in [-0.25, -0.2) is 15.0 Å². The maximum absolute atomic E-state index is 9.42. The van der Waals surface area contributed by atoms with Gasteiger partial charge in [-0.05, 0) is 102 Å². The van der Waals surface area contributed by atoms with Gasteiger partial charge in [-0.1, -0.05) is 158 Å². The molecule has 10 aromatic rings. The summed E-state index contributed by atoms with van der Waals surface area (Å²) in [6.45, 7) is 0. The Labute approximate surface area is 324 Å². The van der Waals surface area contributed by atoms with Crippen LogP contribution >= 0.6 is 0 Å². The van der Waals surface area contributed by atoms with Crippen molar-refractivity contribution < 1.29 is 0 Å². The summed E-state index contributed by atoms with van der Waals surface area (Å²) < 4.78 is 0. The van der Waals surface area contributed by atoms with Crippen LogP contribution in [-0.4, -0.2) is 15.0 Å². The van der Waals surface area contributed by atoms with E-state index < -0.39 is 0 Å². The van der Waals surface area contributed by atoms with Crippen molar-refractivity contribution in [1.82, 2.24) is 15.0 Å². The predicted octanol–water partition coefficient (Wildman–Crippen LogP) is 13.2. The number of hydrogen-bond acceptors (Lipinski definition) is 4. The van der Waals surface area contributed by atoms with Crippen LogP contribution in [0.1, 0.15) is 5.56 Å². The normalized spacial score (nSPS) is 11.2. The average Bonchev–Trinajstić information content (AvgIpc) is 3.29. The summed E-state index contributed by atoms with van der Waals surface area (Å²) in [6, 6.07) is 69.6. The Balaban J connectivity index is 1.10. The van der Waals surface area contributed by atoms with Crippen LogP contribution in [0.4, 0.5) is 0 Å². The first-order valence-electron chi connectivity index (χ1n) is 18.7. The maximum atomic E-state index is 9.42. The Morgan fingerprint density at radius 3 is 1.20 bits per heavy atom. The van der Waals surface area contributed by atoms with Crippen molar-refractivity contribution in [1.29, 1.82) is 5.26 Å². The molecule has 260 valence electrons.